The second-order valence-electron chi connectivity index (χ2n) is 7.71. The number of rotatable bonds is 6. The first kappa shape index (κ1) is 21.7. The molecule has 0 bridgehead atoms. The van der Waals surface area contributed by atoms with Crippen LogP contribution in [-0.4, -0.2) is 41.6 Å². The summed E-state index contributed by atoms with van der Waals surface area (Å²) in [6.07, 6.45) is 1.58. The molecule has 0 aliphatic carbocycles. The lowest BCUT2D eigenvalue weighted by atomic mass is 9.91. The van der Waals surface area contributed by atoms with Gasteiger partial charge in [0.05, 0.1) is 5.69 Å². The van der Waals surface area contributed by atoms with E-state index in [1.165, 1.54) is 32.4 Å². The van der Waals surface area contributed by atoms with Gasteiger partial charge in [0.1, 0.15) is 5.82 Å². The third kappa shape index (κ3) is 5.24. The van der Waals surface area contributed by atoms with Crippen molar-refractivity contribution in [3.8, 4) is 0 Å². The van der Waals surface area contributed by atoms with Crippen molar-refractivity contribution in [3.63, 3.8) is 0 Å². The van der Waals surface area contributed by atoms with Crippen LogP contribution in [0.1, 0.15) is 42.6 Å². The zero-order chi connectivity index (χ0) is 20.6. The van der Waals surface area contributed by atoms with Crippen LogP contribution in [0.25, 0.3) is 0 Å². The van der Waals surface area contributed by atoms with Crippen molar-refractivity contribution in [3.05, 3.63) is 51.8 Å². The van der Waals surface area contributed by atoms with E-state index in [0.29, 0.717) is 16.6 Å². The Morgan fingerprint density at radius 3 is 2.44 bits per heavy atom. The molecule has 0 aliphatic rings. The van der Waals surface area contributed by atoms with Crippen LogP contribution in [0.4, 0.5) is 4.39 Å². The van der Waals surface area contributed by atoms with E-state index in [1.807, 2.05) is 20.8 Å². The molecule has 1 heterocycles. The van der Waals surface area contributed by atoms with Gasteiger partial charge in [-0.25, -0.2) is 13.3 Å². The molecule has 0 aliphatic heterocycles. The third-order valence-corrected chi connectivity index (χ3v) is 5.95. The molecule has 0 unspecified atom stereocenters. The van der Waals surface area contributed by atoms with Crippen LogP contribution in [0.2, 0.25) is 0 Å². The number of hydrogen-bond donors (Lipinski definition) is 0. The Morgan fingerprint density at radius 2 is 1.93 bits per heavy atom. The van der Waals surface area contributed by atoms with Gasteiger partial charge in [0, 0.05) is 31.2 Å². The largest absolute Gasteiger partial charge is 0.308 e. The number of carbonyl (C=O) groups is 1. The van der Waals surface area contributed by atoms with Crippen LogP contribution in [0, 0.1) is 11.2 Å². The normalized spacial score (nSPS) is 12.6. The van der Waals surface area contributed by atoms with Gasteiger partial charge < -0.3 is 0 Å². The molecule has 0 fully saturated rings. The van der Waals surface area contributed by atoms with Crippen LogP contribution in [0.15, 0.2) is 28.9 Å². The van der Waals surface area contributed by atoms with Crippen LogP contribution >= 0.6 is 15.9 Å². The minimum absolute atomic E-state index is 0.140. The standard InChI is InChI=1S/C18H23BrFN3O3S/c1-18(2,3)10-14-11-23(27(25,26)22(4)5)17(21-14)16(24)8-12-6-7-13(19)9-15(12)20/h6-7,9,11H,8,10H2,1-5H3. The third-order valence-electron chi connectivity index (χ3n) is 3.76. The van der Waals surface area contributed by atoms with Gasteiger partial charge in [0.25, 0.3) is 0 Å². The number of benzene rings is 1. The number of imidazole rings is 1. The summed E-state index contributed by atoms with van der Waals surface area (Å²) in [5.74, 6) is -1.33. The number of aromatic nitrogens is 2. The Balaban J connectivity index is 2.48. The van der Waals surface area contributed by atoms with Crippen molar-refractivity contribution in [2.75, 3.05) is 14.1 Å². The van der Waals surface area contributed by atoms with E-state index in [9.17, 15) is 17.6 Å². The van der Waals surface area contributed by atoms with Gasteiger partial charge in [-0.3, -0.25) is 4.79 Å². The van der Waals surface area contributed by atoms with Crippen molar-refractivity contribution in [2.24, 2.45) is 5.41 Å². The maximum Gasteiger partial charge on any atom is 0.308 e. The first-order chi connectivity index (χ1) is 12.3. The van der Waals surface area contributed by atoms with Gasteiger partial charge in [-0.05, 0) is 29.5 Å². The van der Waals surface area contributed by atoms with Crippen molar-refractivity contribution in [1.82, 2.24) is 13.3 Å². The monoisotopic (exact) mass is 459 g/mol. The van der Waals surface area contributed by atoms with Crippen LogP contribution in [-0.2, 0) is 23.1 Å². The number of Topliss-reactive ketones (excluding diaryl/α,β-unsaturated/α-hetero) is 1. The number of carbonyl (C=O) groups excluding carboxylic acids is 1. The molecule has 0 radical (unpaired) electrons. The molecule has 0 saturated heterocycles. The van der Waals surface area contributed by atoms with Crippen LogP contribution in [0.5, 0.6) is 0 Å². The number of hydrogen-bond acceptors (Lipinski definition) is 4. The molecule has 27 heavy (non-hydrogen) atoms. The lowest BCUT2D eigenvalue weighted by Gasteiger charge is -2.15. The first-order valence-electron chi connectivity index (χ1n) is 8.29. The summed E-state index contributed by atoms with van der Waals surface area (Å²) < 4.78 is 41.8. The minimum atomic E-state index is -3.93. The molecule has 2 rings (SSSR count). The van der Waals surface area contributed by atoms with Gasteiger partial charge in [-0.15, -0.1) is 0 Å². The fourth-order valence-electron chi connectivity index (χ4n) is 2.49. The van der Waals surface area contributed by atoms with E-state index in [0.717, 1.165) is 8.28 Å². The quantitative estimate of drug-likeness (QED) is 0.620. The zero-order valence-electron chi connectivity index (χ0n) is 16.0. The average Bonchev–Trinajstić information content (AvgIpc) is 2.92. The molecule has 148 valence electrons. The Morgan fingerprint density at radius 1 is 1.30 bits per heavy atom. The van der Waals surface area contributed by atoms with Gasteiger partial charge in [-0.1, -0.05) is 42.8 Å². The summed E-state index contributed by atoms with van der Waals surface area (Å²) in [5, 5.41) is 0. The van der Waals surface area contributed by atoms with Gasteiger partial charge >= 0.3 is 10.2 Å². The van der Waals surface area contributed by atoms with Crippen molar-refractivity contribution in [2.45, 2.75) is 33.6 Å². The molecule has 1 aromatic carbocycles. The van der Waals surface area contributed by atoms with Gasteiger partial charge in [0.15, 0.2) is 5.82 Å². The first-order valence-corrected chi connectivity index (χ1v) is 10.5. The lowest BCUT2D eigenvalue weighted by Crippen LogP contribution is -2.31. The number of halogens is 2. The van der Waals surface area contributed by atoms with Crippen molar-refractivity contribution in [1.29, 1.82) is 0 Å². The summed E-state index contributed by atoms with van der Waals surface area (Å²) in [6, 6.07) is 4.37. The summed E-state index contributed by atoms with van der Waals surface area (Å²) in [7, 11) is -1.18. The summed E-state index contributed by atoms with van der Waals surface area (Å²) in [6.45, 7) is 5.97. The topological polar surface area (TPSA) is 72.3 Å². The summed E-state index contributed by atoms with van der Waals surface area (Å²) in [5.41, 5.74) is 0.532. The second-order valence-corrected chi connectivity index (χ2v) is 10.6. The fourth-order valence-corrected chi connectivity index (χ4v) is 3.79. The molecule has 9 heteroatoms. The summed E-state index contributed by atoms with van der Waals surface area (Å²) >= 11 is 3.17. The van der Waals surface area contributed by atoms with Gasteiger partial charge in [0.2, 0.25) is 5.78 Å². The van der Waals surface area contributed by atoms with E-state index in [1.54, 1.807) is 6.07 Å². The van der Waals surface area contributed by atoms with Crippen molar-refractivity contribution < 1.29 is 17.6 Å². The maximum atomic E-state index is 14.1. The molecule has 0 atom stereocenters. The zero-order valence-corrected chi connectivity index (χ0v) is 18.4. The van der Waals surface area contributed by atoms with Gasteiger partial charge in [-0.2, -0.15) is 12.7 Å². The molecule has 0 amide bonds. The van der Waals surface area contributed by atoms with E-state index < -0.39 is 21.8 Å². The molecular formula is C18H23BrFN3O3S. The highest BCUT2D eigenvalue weighted by Crippen LogP contribution is 2.22. The molecular weight excluding hydrogens is 437 g/mol. The highest BCUT2D eigenvalue weighted by molar-refractivity contribution is 9.10. The smallest absolute Gasteiger partial charge is 0.290 e. The number of nitrogens with zero attached hydrogens (tertiary/aromatic N) is 3. The number of ketones is 1. The highest BCUT2D eigenvalue weighted by atomic mass is 79.9. The molecule has 0 saturated carbocycles. The maximum absolute atomic E-state index is 14.1. The van der Waals surface area contributed by atoms with E-state index in [-0.39, 0.29) is 23.2 Å². The Bertz CT molecular complexity index is 963. The predicted octanol–water partition coefficient (Wildman–Crippen LogP) is 3.45. The fraction of sp³-hybridized carbons (Fsp3) is 0.444. The van der Waals surface area contributed by atoms with Crippen molar-refractivity contribution >= 4 is 31.9 Å². The Labute approximate surface area is 167 Å². The second kappa shape index (κ2) is 7.81. The molecule has 1 aromatic heterocycles. The Hall–Kier alpha value is -1.58. The SMILES string of the molecule is CN(C)S(=O)(=O)n1cc(CC(C)(C)C)nc1C(=O)Cc1ccc(Br)cc1F. The van der Waals surface area contributed by atoms with Crippen LogP contribution in [0.3, 0.4) is 0 Å². The molecule has 0 N–H and O–H groups in total. The van der Waals surface area contributed by atoms with E-state index in [4.69, 9.17) is 0 Å². The van der Waals surface area contributed by atoms with E-state index >= 15 is 0 Å². The Kier molecular flexibility index (Phi) is 6.28. The summed E-state index contributed by atoms with van der Waals surface area (Å²) in [4.78, 5) is 17.0. The van der Waals surface area contributed by atoms with Crippen LogP contribution < -0.4 is 0 Å². The highest BCUT2D eigenvalue weighted by Gasteiger charge is 2.27. The molecule has 0 spiro atoms. The lowest BCUT2D eigenvalue weighted by molar-refractivity contribution is 0.0980. The molecule has 6 nitrogen and oxygen atoms in total. The molecule has 2 aromatic rings. The average molecular weight is 460 g/mol. The van der Waals surface area contributed by atoms with E-state index in [2.05, 4.69) is 20.9 Å². The minimum Gasteiger partial charge on any atom is -0.290 e. The predicted molar refractivity (Wildman–Crippen MR) is 106 cm³/mol.